The first-order valence-electron chi connectivity index (χ1n) is 6.48. The molecule has 1 N–H and O–H groups in total. The SMILES string of the molecule is C[C@H]1C[C@@H]2C(=O)c3ccccc3CC[C@H]2C1O. The number of aryl methyl sites for hydroxylation is 1. The predicted molar refractivity (Wildman–Crippen MR) is 65.9 cm³/mol. The van der Waals surface area contributed by atoms with Crippen molar-refractivity contribution in [3.05, 3.63) is 35.4 Å². The highest BCUT2D eigenvalue weighted by molar-refractivity contribution is 6.00. The lowest BCUT2D eigenvalue weighted by Crippen LogP contribution is -2.24. The van der Waals surface area contributed by atoms with Gasteiger partial charge in [-0.15, -0.1) is 0 Å². The summed E-state index contributed by atoms with van der Waals surface area (Å²) >= 11 is 0. The molecule has 0 saturated heterocycles. The lowest BCUT2D eigenvalue weighted by molar-refractivity contribution is 0.0726. The Bertz CT molecular complexity index is 452. The molecule has 1 aromatic carbocycles. The van der Waals surface area contributed by atoms with Crippen LogP contribution in [0, 0.1) is 17.8 Å². The minimum Gasteiger partial charge on any atom is -0.393 e. The quantitative estimate of drug-likeness (QED) is 0.743. The molecule has 0 spiro atoms. The molecule has 0 heterocycles. The molecule has 0 radical (unpaired) electrons. The zero-order valence-electron chi connectivity index (χ0n) is 10.1. The topological polar surface area (TPSA) is 37.3 Å². The number of rotatable bonds is 0. The second kappa shape index (κ2) is 3.95. The minimum atomic E-state index is -0.293. The van der Waals surface area contributed by atoms with E-state index in [-0.39, 0.29) is 29.6 Å². The van der Waals surface area contributed by atoms with Crippen LogP contribution in [0.25, 0.3) is 0 Å². The summed E-state index contributed by atoms with van der Waals surface area (Å²) in [6, 6.07) is 7.91. The van der Waals surface area contributed by atoms with E-state index in [9.17, 15) is 9.90 Å². The van der Waals surface area contributed by atoms with Crippen LogP contribution in [0.2, 0.25) is 0 Å². The summed E-state index contributed by atoms with van der Waals surface area (Å²) in [5.74, 6) is 0.735. The van der Waals surface area contributed by atoms with Crippen molar-refractivity contribution >= 4 is 5.78 Å². The molecule has 3 rings (SSSR count). The Hall–Kier alpha value is -1.15. The molecule has 1 saturated carbocycles. The lowest BCUT2D eigenvalue weighted by atomic mass is 9.88. The molecule has 4 atom stereocenters. The Morgan fingerprint density at radius 2 is 2.06 bits per heavy atom. The summed E-state index contributed by atoms with van der Waals surface area (Å²) in [7, 11) is 0. The third kappa shape index (κ3) is 1.62. The van der Waals surface area contributed by atoms with Crippen LogP contribution in [-0.4, -0.2) is 17.0 Å². The van der Waals surface area contributed by atoms with Crippen molar-refractivity contribution in [1.82, 2.24) is 0 Å². The number of aliphatic hydroxyl groups is 1. The van der Waals surface area contributed by atoms with Crippen LogP contribution in [0.1, 0.15) is 35.7 Å². The van der Waals surface area contributed by atoms with Crippen molar-refractivity contribution in [2.24, 2.45) is 17.8 Å². The van der Waals surface area contributed by atoms with Crippen LogP contribution < -0.4 is 0 Å². The van der Waals surface area contributed by atoms with Crippen molar-refractivity contribution in [3.63, 3.8) is 0 Å². The zero-order valence-corrected chi connectivity index (χ0v) is 10.1. The highest BCUT2D eigenvalue weighted by Gasteiger charge is 2.45. The number of aliphatic hydroxyl groups excluding tert-OH is 1. The molecular formula is C15H18O2. The number of hydrogen-bond donors (Lipinski definition) is 1. The monoisotopic (exact) mass is 230 g/mol. The van der Waals surface area contributed by atoms with Crippen LogP contribution in [0.3, 0.4) is 0 Å². The van der Waals surface area contributed by atoms with Gasteiger partial charge in [-0.2, -0.15) is 0 Å². The van der Waals surface area contributed by atoms with Gasteiger partial charge in [-0.3, -0.25) is 4.79 Å². The molecule has 2 aliphatic carbocycles. The number of benzene rings is 1. The van der Waals surface area contributed by atoms with E-state index < -0.39 is 0 Å². The molecule has 90 valence electrons. The van der Waals surface area contributed by atoms with E-state index in [1.54, 1.807) is 0 Å². The highest BCUT2D eigenvalue weighted by Crippen LogP contribution is 2.43. The number of carbonyl (C=O) groups excluding carboxylic acids is 1. The Kier molecular flexibility index (Phi) is 2.55. The van der Waals surface area contributed by atoms with E-state index in [4.69, 9.17) is 0 Å². The second-order valence-electron chi connectivity index (χ2n) is 5.53. The highest BCUT2D eigenvalue weighted by atomic mass is 16.3. The zero-order chi connectivity index (χ0) is 12.0. The van der Waals surface area contributed by atoms with E-state index in [2.05, 4.69) is 6.92 Å². The summed E-state index contributed by atoms with van der Waals surface area (Å²) in [5, 5.41) is 10.2. The van der Waals surface area contributed by atoms with Crippen LogP contribution in [0.15, 0.2) is 24.3 Å². The largest absolute Gasteiger partial charge is 0.393 e. The molecular weight excluding hydrogens is 212 g/mol. The van der Waals surface area contributed by atoms with Crippen molar-refractivity contribution in [3.8, 4) is 0 Å². The Labute approximate surface area is 102 Å². The maximum atomic E-state index is 12.5. The average molecular weight is 230 g/mol. The average Bonchev–Trinajstić information content (AvgIpc) is 2.54. The molecule has 1 unspecified atom stereocenters. The van der Waals surface area contributed by atoms with Gasteiger partial charge < -0.3 is 5.11 Å². The fourth-order valence-electron chi connectivity index (χ4n) is 3.55. The standard InChI is InChI=1S/C15H18O2/c1-9-8-13-12(14(9)16)7-6-10-4-2-3-5-11(10)15(13)17/h2-5,9,12-14,16H,6-8H2,1H3/t9-,12+,13-,14?/m0/s1. The first kappa shape index (κ1) is 11.0. The molecule has 2 nitrogen and oxygen atoms in total. The maximum Gasteiger partial charge on any atom is 0.166 e. The van der Waals surface area contributed by atoms with E-state index in [0.717, 1.165) is 30.4 Å². The molecule has 17 heavy (non-hydrogen) atoms. The number of ketones is 1. The summed E-state index contributed by atoms with van der Waals surface area (Å²) in [5.41, 5.74) is 2.05. The molecule has 0 aromatic heterocycles. The van der Waals surface area contributed by atoms with Gasteiger partial charge in [-0.25, -0.2) is 0 Å². The third-order valence-corrected chi connectivity index (χ3v) is 4.53. The molecule has 2 aliphatic rings. The fourth-order valence-corrected chi connectivity index (χ4v) is 3.55. The molecule has 1 fully saturated rings. The first-order valence-corrected chi connectivity index (χ1v) is 6.48. The van der Waals surface area contributed by atoms with E-state index >= 15 is 0 Å². The lowest BCUT2D eigenvalue weighted by Gasteiger charge is -2.18. The summed E-state index contributed by atoms with van der Waals surface area (Å²) < 4.78 is 0. The van der Waals surface area contributed by atoms with Crippen LogP contribution in [0.5, 0.6) is 0 Å². The summed E-state index contributed by atoms with van der Waals surface area (Å²) in [4.78, 5) is 12.5. The van der Waals surface area contributed by atoms with Gasteiger partial charge in [0.05, 0.1) is 6.10 Å². The van der Waals surface area contributed by atoms with Crippen molar-refractivity contribution in [2.45, 2.75) is 32.3 Å². The van der Waals surface area contributed by atoms with Gasteiger partial charge in [0.25, 0.3) is 0 Å². The first-order chi connectivity index (χ1) is 8.18. The van der Waals surface area contributed by atoms with Gasteiger partial charge in [0, 0.05) is 11.5 Å². The summed E-state index contributed by atoms with van der Waals surface area (Å²) in [6.07, 6.45) is 2.42. The predicted octanol–water partition coefficient (Wildman–Crippen LogP) is 2.45. The van der Waals surface area contributed by atoms with Gasteiger partial charge >= 0.3 is 0 Å². The molecule has 0 amide bonds. The second-order valence-corrected chi connectivity index (χ2v) is 5.53. The number of carbonyl (C=O) groups is 1. The molecule has 0 aliphatic heterocycles. The van der Waals surface area contributed by atoms with Gasteiger partial charge in [0.1, 0.15) is 0 Å². The van der Waals surface area contributed by atoms with Crippen molar-refractivity contribution in [2.75, 3.05) is 0 Å². The smallest absolute Gasteiger partial charge is 0.166 e. The van der Waals surface area contributed by atoms with Gasteiger partial charge in [-0.1, -0.05) is 31.2 Å². The fraction of sp³-hybridized carbons (Fsp3) is 0.533. The van der Waals surface area contributed by atoms with E-state index in [1.165, 1.54) is 0 Å². The minimum absolute atomic E-state index is 0.0450. The van der Waals surface area contributed by atoms with E-state index in [1.807, 2.05) is 24.3 Å². The van der Waals surface area contributed by atoms with Crippen molar-refractivity contribution in [1.29, 1.82) is 0 Å². The van der Waals surface area contributed by atoms with Crippen LogP contribution >= 0.6 is 0 Å². The molecule has 0 bridgehead atoms. The molecule has 1 aromatic rings. The maximum absolute atomic E-state index is 12.5. The Balaban J connectivity index is 2.01. The number of hydrogen-bond acceptors (Lipinski definition) is 2. The normalized spacial score (nSPS) is 36.2. The van der Waals surface area contributed by atoms with Crippen molar-refractivity contribution < 1.29 is 9.90 Å². The number of fused-ring (bicyclic) bond motifs is 2. The van der Waals surface area contributed by atoms with Crippen LogP contribution in [-0.2, 0) is 6.42 Å². The van der Waals surface area contributed by atoms with Gasteiger partial charge in [-0.05, 0) is 36.7 Å². The van der Waals surface area contributed by atoms with Crippen LogP contribution in [0.4, 0.5) is 0 Å². The van der Waals surface area contributed by atoms with Gasteiger partial charge in [0.15, 0.2) is 5.78 Å². The third-order valence-electron chi connectivity index (χ3n) is 4.53. The van der Waals surface area contributed by atoms with E-state index in [0.29, 0.717) is 0 Å². The van der Waals surface area contributed by atoms with Gasteiger partial charge in [0.2, 0.25) is 0 Å². The Morgan fingerprint density at radius 3 is 2.88 bits per heavy atom. The number of Topliss-reactive ketones (excluding diaryl/α,β-unsaturated/α-hetero) is 1. The Morgan fingerprint density at radius 1 is 1.29 bits per heavy atom. The summed E-state index contributed by atoms with van der Waals surface area (Å²) in [6.45, 7) is 2.05. The molecule has 2 heteroatoms.